The van der Waals surface area contributed by atoms with Crippen LogP contribution in [0, 0.1) is 5.82 Å². The van der Waals surface area contributed by atoms with Crippen LogP contribution in [-0.4, -0.2) is 51.4 Å². The lowest BCUT2D eigenvalue weighted by Crippen LogP contribution is -2.45. The fourth-order valence-corrected chi connectivity index (χ4v) is 4.50. The van der Waals surface area contributed by atoms with E-state index >= 15 is 0 Å². The number of hydrogen-bond acceptors (Lipinski definition) is 5. The third kappa shape index (κ3) is 7.49. The number of anilines is 1. The molecule has 42 heavy (non-hydrogen) atoms. The van der Waals surface area contributed by atoms with Gasteiger partial charge in [-0.15, -0.1) is 0 Å². The van der Waals surface area contributed by atoms with Crippen LogP contribution in [-0.2, 0) is 29.2 Å². The molecule has 1 aromatic heterocycles. The molecule has 3 N–H and O–H groups in total. The van der Waals surface area contributed by atoms with Crippen LogP contribution in [0.1, 0.15) is 35.5 Å². The van der Waals surface area contributed by atoms with Gasteiger partial charge in [-0.05, 0) is 43.7 Å². The maximum atomic E-state index is 14.2. The van der Waals surface area contributed by atoms with Crippen molar-refractivity contribution in [2.75, 3.05) is 11.9 Å². The van der Waals surface area contributed by atoms with Gasteiger partial charge in [0.05, 0.1) is 17.1 Å². The van der Waals surface area contributed by atoms with Crippen molar-refractivity contribution in [1.29, 1.82) is 0 Å². The van der Waals surface area contributed by atoms with Gasteiger partial charge in [0.2, 0.25) is 11.8 Å². The average molecular weight is 593 g/mol. The molecule has 0 saturated heterocycles. The molecule has 12 heteroatoms. The minimum absolute atomic E-state index is 0.0453. The Morgan fingerprint density at radius 2 is 1.79 bits per heavy atom. The predicted molar refractivity (Wildman–Crippen MR) is 158 cm³/mol. The topological polar surface area (TPSA) is 125 Å². The number of carbonyl (C=O) groups is 4. The van der Waals surface area contributed by atoms with E-state index in [-0.39, 0.29) is 42.0 Å². The molecule has 0 aliphatic heterocycles. The number of aromatic nitrogens is 2. The van der Waals surface area contributed by atoms with Gasteiger partial charge in [0.1, 0.15) is 18.1 Å². The number of fused-ring (bicyclic) bond motifs is 1. The molecule has 0 fully saturated rings. The van der Waals surface area contributed by atoms with Gasteiger partial charge in [0, 0.05) is 35.8 Å². The van der Waals surface area contributed by atoms with Gasteiger partial charge >= 0.3 is 6.03 Å². The summed E-state index contributed by atoms with van der Waals surface area (Å²) in [4.78, 5) is 51.4. The number of nitrogens with one attached hydrogen (secondary N) is 3. The van der Waals surface area contributed by atoms with Crippen LogP contribution in [0.5, 0.6) is 0 Å². The molecule has 0 unspecified atom stereocenters. The third-order valence-corrected chi connectivity index (χ3v) is 6.79. The summed E-state index contributed by atoms with van der Waals surface area (Å²) >= 11 is 5.80. The molecule has 3 aromatic carbocycles. The Bertz CT molecular complexity index is 1610. The first-order valence-electron chi connectivity index (χ1n) is 13.2. The number of nitrogens with zero attached hydrogens (tertiary/aromatic N) is 3. The van der Waals surface area contributed by atoms with E-state index in [0.717, 1.165) is 5.56 Å². The Labute approximate surface area is 246 Å². The van der Waals surface area contributed by atoms with Gasteiger partial charge in [-0.1, -0.05) is 54.1 Å². The number of hydrogen-bond donors (Lipinski definition) is 3. The van der Waals surface area contributed by atoms with Crippen LogP contribution in [0.4, 0.5) is 14.9 Å². The van der Waals surface area contributed by atoms with Gasteiger partial charge in [0.25, 0.3) is 0 Å². The average Bonchev–Trinajstić information content (AvgIpc) is 3.32. The molecule has 4 rings (SSSR count). The second-order valence-electron chi connectivity index (χ2n) is 9.79. The van der Waals surface area contributed by atoms with Crippen LogP contribution in [0.15, 0.2) is 66.7 Å². The predicted octanol–water partition coefficient (Wildman–Crippen LogP) is 4.52. The highest BCUT2D eigenvalue weighted by atomic mass is 35.5. The molecule has 4 amide bonds. The van der Waals surface area contributed by atoms with Gasteiger partial charge in [-0.25, -0.2) is 9.18 Å². The van der Waals surface area contributed by atoms with E-state index in [2.05, 4.69) is 21.0 Å². The van der Waals surface area contributed by atoms with Crippen molar-refractivity contribution in [3.63, 3.8) is 0 Å². The standard InChI is InChI=1S/C30H30ClFN6O4/c1-19(2)37(16-27(40)33-15-21-9-6-10-24(31)29(21)32)28(41)17-38-26-12-11-22(13-23(26)25(18-39)36-38)35-30(42)34-14-20-7-4-3-5-8-20/h3-13,18-19H,14-17H2,1-2H3,(H,33,40)(H2,34,35,42). The minimum atomic E-state index is -0.612. The summed E-state index contributed by atoms with van der Waals surface area (Å²) in [6, 6.07) is 18.1. The van der Waals surface area contributed by atoms with E-state index in [9.17, 15) is 23.6 Å². The minimum Gasteiger partial charge on any atom is -0.350 e. The zero-order valence-corrected chi connectivity index (χ0v) is 23.8. The molecule has 4 aromatic rings. The smallest absolute Gasteiger partial charge is 0.319 e. The Kier molecular flexibility index (Phi) is 9.87. The highest BCUT2D eigenvalue weighted by Crippen LogP contribution is 2.23. The molecule has 0 bridgehead atoms. The molecular weight excluding hydrogens is 563 g/mol. The first-order chi connectivity index (χ1) is 20.2. The van der Waals surface area contributed by atoms with E-state index in [0.29, 0.717) is 29.4 Å². The molecule has 0 aliphatic carbocycles. The highest BCUT2D eigenvalue weighted by Gasteiger charge is 2.23. The number of halogens is 2. The normalized spacial score (nSPS) is 10.9. The Balaban J connectivity index is 1.41. The van der Waals surface area contributed by atoms with E-state index < -0.39 is 23.7 Å². The number of rotatable bonds is 11. The molecule has 1 heterocycles. The second-order valence-corrected chi connectivity index (χ2v) is 10.2. The Hall–Kier alpha value is -4.77. The summed E-state index contributed by atoms with van der Waals surface area (Å²) < 4.78 is 15.5. The lowest BCUT2D eigenvalue weighted by molar-refractivity contribution is -0.138. The van der Waals surface area contributed by atoms with Crippen molar-refractivity contribution >= 4 is 52.3 Å². The summed E-state index contributed by atoms with van der Waals surface area (Å²) in [5, 5.41) is 12.8. The van der Waals surface area contributed by atoms with Crippen molar-refractivity contribution < 1.29 is 23.6 Å². The fourth-order valence-electron chi connectivity index (χ4n) is 4.31. The quantitative estimate of drug-likeness (QED) is 0.221. The van der Waals surface area contributed by atoms with E-state index in [1.165, 1.54) is 21.7 Å². The molecular formula is C30H30ClFN6O4. The van der Waals surface area contributed by atoms with Crippen LogP contribution in [0.2, 0.25) is 5.02 Å². The van der Waals surface area contributed by atoms with Crippen molar-refractivity contribution in [2.24, 2.45) is 0 Å². The summed E-state index contributed by atoms with van der Waals surface area (Å²) in [6.45, 7) is 3.30. The van der Waals surface area contributed by atoms with Crippen molar-refractivity contribution in [3.8, 4) is 0 Å². The Morgan fingerprint density at radius 3 is 2.50 bits per heavy atom. The molecule has 10 nitrogen and oxygen atoms in total. The molecule has 0 spiro atoms. The van der Waals surface area contributed by atoms with Crippen molar-refractivity contribution in [2.45, 2.75) is 39.5 Å². The van der Waals surface area contributed by atoms with E-state index in [1.807, 2.05) is 30.3 Å². The summed E-state index contributed by atoms with van der Waals surface area (Å²) in [6.07, 6.45) is 0.575. The lowest BCUT2D eigenvalue weighted by Gasteiger charge is -2.26. The van der Waals surface area contributed by atoms with Crippen LogP contribution < -0.4 is 16.0 Å². The molecule has 0 saturated carbocycles. The monoisotopic (exact) mass is 592 g/mol. The number of aldehydes is 1. The van der Waals surface area contributed by atoms with Crippen LogP contribution in [0.25, 0.3) is 10.9 Å². The number of carbonyl (C=O) groups excluding carboxylic acids is 4. The van der Waals surface area contributed by atoms with Crippen molar-refractivity contribution in [1.82, 2.24) is 25.3 Å². The molecule has 0 aliphatic rings. The number of amides is 4. The van der Waals surface area contributed by atoms with Crippen molar-refractivity contribution in [3.05, 3.63) is 94.4 Å². The van der Waals surface area contributed by atoms with Gasteiger partial charge in [-0.2, -0.15) is 5.10 Å². The van der Waals surface area contributed by atoms with Gasteiger partial charge in [-0.3, -0.25) is 19.1 Å². The van der Waals surface area contributed by atoms with Gasteiger partial charge < -0.3 is 20.9 Å². The zero-order chi connectivity index (χ0) is 30.2. The number of urea groups is 1. The summed E-state index contributed by atoms with van der Waals surface area (Å²) in [5.74, 6) is -1.49. The molecule has 0 atom stereocenters. The second kappa shape index (κ2) is 13.7. The highest BCUT2D eigenvalue weighted by molar-refractivity contribution is 6.30. The van der Waals surface area contributed by atoms with Gasteiger partial charge in [0.15, 0.2) is 6.29 Å². The first-order valence-corrected chi connectivity index (χ1v) is 13.6. The Morgan fingerprint density at radius 1 is 1.02 bits per heavy atom. The maximum absolute atomic E-state index is 14.2. The lowest BCUT2D eigenvalue weighted by atomic mass is 10.2. The van der Waals surface area contributed by atoms with E-state index in [4.69, 9.17) is 11.6 Å². The SMILES string of the molecule is CC(C)N(CC(=O)NCc1cccc(Cl)c1F)C(=O)Cn1nc(C=O)c2cc(NC(=O)NCc3ccccc3)ccc21. The molecule has 218 valence electrons. The summed E-state index contributed by atoms with van der Waals surface area (Å²) in [5.41, 5.74) is 2.22. The first kappa shape index (κ1) is 30.2. The molecule has 0 radical (unpaired) electrons. The number of benzene rings is 3. The maximum Gasteiger partial charge on any atom is 0.319 e. The summed E-state index contributed by atoms with van der Waals surface area (Å²) in [7, 11) is 0. The third-order valence-electron chi connectivity index (χ3n) is 6.49. The zero-order valence-electron chi connectivity index (χ0n) is 23.1. The van der Waals surface area contributed by atoms with Crippen LogP contribution in [0.3, 0.4) is 0 Å². The van der Waals surface area contributed by atoms with Crippen LogP contribution >= 0.6 is 11.6 Å². The van der Waals surface area contributed by atoms with E-state index in [1.54, 1.807) is 38.1 Å². The fraction of sp³-hybridized carbons (Fsp3) is 0.233. The largest absolute Gasteiger partial charge is 0.350 e.